The zero-order valence-corrected chi connectivity index (χ0v) is 24.9. The van der Waals surface area contributed by atoms with Crippen molar-refractivity contribution < 1.29 is 18.0 Å². The standard InChI is InChI=1S/C34H36N4O4S/c1-23-9-5-6-12-27(23)33(39)36-30-15-7-14-29-28(30)13-8-16-32(29)43(41,42)37-26-17-19-38(20-18-26)34(40)31-21-25(22-35-31)24-10-3-2-4-11-24/h2-16,25-26,31,35,37H,17-22H2,1H3,(H,36,39)/t25-,31+/m1/s1. The predicted molar refractivity (Wildman–Crippen MR) is 169 cm³/mol. The number of fused-ring (bicyclic) bond motifs is 1. The van der Waals surface area contributed by atoms with Gasteiger partial charge in [-0.3, -0.25) is 9.59 Å². The average molecular weight is 597 g/mol. The van der Waals surface area contributed by atoms with Crippen LogP contribution >= 0.6 is 0 Å². The van der Waals surface area contributed by atoms with E-state index in [4.69, 9.17) is 0 Å². The van der Waals surface area contributed by atoms with Crippen LogP contribution in [0.4, 0.5) is 5.69 Å². The van der Waals surface area contributed by atoms with Crippen LogP contribution in [0.25, 0.3) is 10.8 Å². The van der Waals surface area contributed by atoms with Crippen molar-refractivity contribution >= 4 is 38.3 Å². The van der Waals surface area contributed by atoms with Crippen LogP contribution in [0.1, 0.15) is 46.7 Å². The molecule has 2 heterocycles. The molecule has 9 heteroatoms. The highest BCUT2D eigenvalue weighted by molar-refractivity contribution is 7.89. The number of hydrogen-bond acceptors (Lipinski definition) is 5. The molecule has 2 amide bonds. The monoisotopic (exact) mass is 596 g/mol. The van der Waals surface area contributed by atoms with Crippen LogP contribution < -0.4 is 15.4 Å². The summed E-state index contributed by atoms with van der Waals surface area (Å²) in [6.07, 6.45) is 1.86. The van der Waals surface area contributed by atoms with E-state index in [1.807, 2.05) is 54.3 Å². The van der Waals surface area contributed by atoms with Crippen molar-refractivity contribution in [1.82, 2.24) is 14.9 Å². The van der Waals surface area contributed by atoms with Crippen LogP contribution in [-0.2, 0) is 14.8 Å². The van der Waals surface area contributed by atoms with Gasteiger partial charge in [-0.25, -0.2) is 13.1 Å². The zero-order valence-electron chi connectivity index (χ0n) is 24.1. The fourth-order valence-corrected chi connectivity index (χ4v) is 7.79. The maximum absolute atomic E-state index is 13.6. The van der Waals surface area contributed by atoms with Gasteiger partial charge in [-0.2, -0.15) is 0 Å². The fourth-order valence-electron chi connectivity index (χ4n) is 6.27. The molecule has 6 rings (SSSR count). The lowest BCUT2D eigenvalue weighted by atomic mass is 9.95. The van der Waals surface area contributed by atoms with Crippen molar-refractivity contribution in [2.24, 2.45) is 0 Å². The Labute approximate surface area is 252 Å². The van der Waals surface area contributed by atoms with E-state index in [1.165, 1.54) is 5.56 Å². The maximum atomic E-state index is 13.6. The number of piperidine rings is 1. The second kappa shape index (κ2) is 12.3. The molecule has 2 aliphatic heterocycles. The summed E-state index contributed by atoms with van der Waals surface area (Å²) >= 11 is 0. The normalized spacial score (nSPS) is 19.4. The molecule has 0 aliphatic carbocycles. The number of benzene rings is 4. The third-order valence-corrected chi connectivity index (χ3v) is 10.2. The Morgan fingerprint density at radius 3 is 2.30 bits per heavy atom. The number of sulfonamides is 1. The number of aryl methyl sites for hydroxylation is 1. The summed E-state index contributed by atoms with van der Waals surface area (Å²) in [5.41, 5.74) is 3.21. The molecule has 2 fully saturated rings. The first-order valence-electron chi connectivity index (χ1n) is 14.8. The third-order valence-electron chi connectivity index (χ3n) is 8.64. The van der Waals surface area contributed by atoms with Gasteiger partial charge in [-0.15, -0.1) is 0 Å². The molecule has 2 atom stereocenters. The number of amides is 2. The summed E-state index contributed by atoms with van der Waals surface area (Å²) in [5, 5.41) is 7.52. The molecule has 0 unspecified atom stereocenters. The highest BCUT2D eigenvalue weighted by atomic mass is 32.2. The lowest BCUT2D eigenvalue weighted by Crippen LogP contribution is -2.50. The van der Waals surface area contributed by atoms with Gasteiger partial charge in [0.1, 0.15) is 0 Å². The molecule has 0 radical (unpaired) electrons. The molecule has 2 aliphatic rings. The van der Waals surface area contributed by atoms with Gasteiger partial charge >= 0.3 is 0 Å². The number of anilines is 1. The number of carbonyl (C=O) groups excluding carboxylic acids is 2. The highest BCUT2D eigenvalue weighted by Gasteiger charge is 2.35. The van der Waals surface area contributed by atoms with Crippen LogP contribution in [0.5, 0.6) is 0 Å². The maximum Gasteiger partial charge on any atom is 0.255 e. The molecular weight excluding hydrogens is 560 g/mol. The number of nitrogens with one attached hydrogen (secondary N) is 3. The van der Waals surface area contributed by atoms with Crippen molar-refractivity contribution in [2.75, 3.05) is 25.0 Å². The summed E-state index contributed by atoms with van der Waals surface area (Å²) in [4.78, 5) is 28.3. The second-order valence-corrected chi connectivity index (χ2v) is 13.1. The topological polar surface area (TPSA) is 108 Å². The van der Waals surface area contributed by atoms with Crippen LogP contribution in [0.2, 0.25) is 0 Å². The Balaban J connectivity index is 1.10. The molecule has 43 heavy (non-hydrogen) atoms. The van der Waals surface area contributed by atoms with Gasteiger partial charge in [-0.1, -0.05) is 72.8 Å². The molecule has 0 spiro atoms. The van der Waals surface area contributed by atoms with Gasteiger partial charge in [0.2, 0.25) is 15.9 Å². The van der Waals surface area contributed by atoms with Crippen LogP contribution in [-0.4, -0.2) is 56.9 Å². The Kier molecular flexibility index (Phi) is 8.30. The number of likely N-dealkylation sites (tertiary alicyclic amines) is 1. The minimum Gasteiger partial charge on any atom is -0.341 e. The smallest absolute Gasteiger partial charge is 0.255 e. The zero-order chi connectivity index (χ0) is 30.0. The number of nitrogens with zero attached hydrogens (tertiary/aromatic N) is 1. The Bertz CT molecular complexity index is 1750. The van der Waals surface area contributed by atoms with E-state index in [1.54, 1.807) is 36.4 Å². The van der Waals surface area contributed by atoms with E-state index < -0.39 is 10.0 Å². The number of rotatable bonds is 7. The van der Waals surface area contributed by atoms with Crippen LogP contribution in [0.15, 0.2) is 95.9 Å². The van der Waals surface area contributed by atoms with E-state index in [9.17, 15) is 18.0 Å². The van der Waals surface area contributed by atoms with E-state index in [2.05, 4.69) is 27.5 Å². The molecule has 0 saturated carbocycles. The Morgan fingerprint density at radius 1 is 0.837 bits per heavy atom. The summed E-state index contributed by atoms with van der Waals surface area (Å²) in [6.45, 7) is 3.66. The molecule has 222 valence electrons. The Hall–Kier alpha value is -4.05. The molecule has 4 aromatic rings. The van der Waals surface area contributed by atoms with Crippen molar-refractivity contribution in [3.05, 3.63) is 108 Å². The number of hydrogen-bond donors (Lipinski definition) is 3. The third kappa shape index (κ3) is 6.20. The van der Waals surface area contributed by atoms with Gasteiger partial charge in [0.15, 0.2) is 0 Å². The average Bonchev–Trinajstić information content (AvgIpc) is 3.52. The van der Waals surface area contributed by atoms with Crippen molar-refractivity contribution in [1.29, 1.82) is 0 Å². The van der Waals surface area contributed by atoms with E-state index in [0.717, 1.165) is 18.5 Å². The van der Waals surface area contributed by atoms with E-state index in [-0.39, 0.29) is 28.8 Å². The van der Waals surface area contributed by atoms with Gasteiger partial charge in [0.05, 0.1) is 10.9 Å². The van der Waals surface area contributed by atoms with Crippen LogP contribution in [0.3, 0.4) is 0 Å². The first-order valence-corrected chi connectivity index (χ1v) is 16.3. The van der Waals surface area contributed by atoms with Gasteiger partial charge in [-0.05, 0) is 61.4 Å². The van der Waals surface area contributed by atoms with E-state index in [0.29, 0.717) is 53.9 Å². The van der Waals surface area contributed by atoms with Gasteiger partial charge in [0.25, 0.3) is 5.91 Å². The summed E-state index contributed by atoms with van der Waals surface area (Å²) in [7, 11) is -3.86. The first kappa shape index (κ1) is 29.0. The van der Waals surface area contributed by atoms with Crippen molar-refractivity contribution in [3.8, 4) is 0 Å². The summed E-state index contributed by atoms with van der Waals surface area (Å²) in [5.74, 6) is 0.159. The summed E-state index contributed by atoms with van der Waals surface area (Å²) in [6, 6.07) is 27.5. The molecule has 0 aromatic heterocycles. The molecule has 2 saturated heterocycles. The quantitative estimate of drug-likeness (QED) is 0.284. The van der Waals surface area contributed by atoms with Crippen LogP contribution in [0, 0.1) is 6.92 Å². The van der Waals surface area contributed by atoms with Gasteiger partial charge in [0, 0.05) is 47.7 Å². The first-order chi connectivity index (χ1) is 20.8. The predicted octanol–water partition coefficient (Wildman–Crippen LogP) is 4.82. The minimum absolute atomic E-state index is 0.0917. The van der Waals surface area contributed by atoms with Gasteiger partial charge < -0.3 is 15.5 Å². The molecule has 3 N–H and O–H groups in total. The second-order valence-electron chi connectivity index (χ2n) is 11.5. The van der Waals surface area contributed by atoms with E-state index >= 15 is 0 Å². The summed E-state index contributed by atoms with van der Waals surface area (Å²) < 4.78 is 30.1. The lowest BCUT2D eigenvalue weighted by molar-refractivity contribution is -0.134. The fraction of sp³-hybridized carbons (Fsp3) is 0.294. The highest BCUT2D eigenvalue weighted by Crippen LogP contribution is 2.31. The SMILES string of the molecule is Cc1ccccc1C(=O)Nc1cccc2c(S(=O)(=O)NC3CCN(C(=O)[C@@H]4C[C@@H](c5ccccc5)CN4)CC3)cccc12. The molecular formula is C34H36N4O4S. The molecule has 8 nitrogen and oxygen atoms in total. The Morgan fingerprint density at radius 2 is 1.53 bits per heavy atom. The molecule has 4 aromatic carbocycles. The number of carbonyl (C=O) groups is 2. The lowest BCUT2D eigenvalue weighted by Gasteiger charge is -2.33. The van der Waals surface area contributed by atoms with Crippen molar-refractivity contribution in [3.63, 3.8) is 0 Å². The van der Waals surface area contributed by atoms with Crippen molar-refractivity contribution in [2.45, 2.75) is 49.1 Å². The largest absolute Gasteiger partial charge is 0.341 e. The molecule has 0 bridgehead atoms. The minimum atomic E-state index is -3.86.